The van der Waals surface area contributed by atoms with Crippen molar-refractivity contribution in [1.82, 2.24) is 10.2 Å². The maximum atomic E-state index is 12.8. The zero-order chi connectivity index (χ0) is 18.4. The second-order valence-electron chi connectivity index (χ2n) is 7.92. The van der Waals surface area contributed by atoms with Crippen LogP contribution in [0.5, 0.6) is 0 Å². The molecule has 1 saturated heterocycles. The highest BCUT2D eigenvalue weighted by Gasteiger charge is 2.37. The number of nitrogens with zero attached hydrogens (tertiary/aromatic N) is 1. The quantitative estimate of drug-likeness (QED) is 0.841. The molecule has 4 heteroatoms. The monoisotopic (exact) mass is 356 g/mol. The van der Waals surface area contributed by atoms with Crippen molar-refractivity contribution < 1.29 is 9.59 Å². The summed E-state index contributed by atoms with van der Waals surface area (Å²) in [5, 5.41) is 3.08. The lowest BCUT2D eigenvalue weighted by Crippen LogP contribution is -2.48. The van der Waals surface area contributed by atoms with Gasteiger partial charge in [0, 0.05) is 19.0 Å². The smallest absolute Gasteiger partial charge is 0.242 e. The Hall–Kier alpha value is -1.84. The summed E-state index contributed by atoms with van der Waals surface area (Å²) >= 11 is 0. The van der Waals surface area contributed by atoms with Crippen LogP contribution in [0.25, 0.3) is 0 Å². The van der Waals surface area contributed by atoms with Gasteiger partial charge in [0.05, 0.1) is 0 Å². The molecule has 1 aromatic carbocycles. The van der Waals surface area contributed by atoms with Crippen LogP contribution >= 0.6 is 0 Å². The van der Waals surface area contributed by atoms with E-state index in [0.29, 0.717) is 12.5 Å². The summed E-state index contributed by atoms with van der Waals surface area (Å²) in [6.45, 7) is 3.60. The van der Waals surface area contributed by atoms with E-state index in [2.05, 4.69) is 36.5 Å². The average Bonchev–Trinajstić information content (AvgIpc) is 3.18. The Morgan fingerprint density at radius 1 is 1.08 bits per heavy atom. The van der Waals surface area contributed by atoms with Crippen LogP contribution in [0.2, 0.25) is 0 Å². The Morgan fingerprint density at radius 2 is 1.81 bits per heavy atom. The van der Waals surface area contributed by atoms with Gasteiger partial charge in [0.1, 0.15) is 6.04 Å². The topological polar surface area (TPSA) is 49.4 Å². The SMILES string of the molecule is CC(CCNC(=O)C1CCCN1C(=O)C1CCCCC1)c1ccccc1. The molecule has 2 unspecified atom stereocenters. The minimum Gasteiger partial charge on any atom is -0.354 e. The van der Waals surface area contributed by atoms with Gasteiger partial charge in [0.25, 0.3) is 0 Å². The lowest BCUT2D eigenvalue weighted by atomic mass is 9.88. The standard InChI is InChI=1S/C22H32N2O2/c1-17(18-9-4-2-5-10-18)14-15-23-21(25)20-13-8-16-24(20)22(26)19-11-6-3-7-12-19/h2,4-5,9-10,17,19-20H,3,6-8,11-16H2,1H3,(H,23,25). The normalized spacial score (nSPS) is 22.2. The van der Waals surface area contributed by atoms with E-state index in [-0.39, 0.29) is 23.8 Å². The number of benzene rings is 1. The van der Waals surface area contributed by atoms with Crippen LogP contribution < -0.4 is 5.32 Å². The van der Waals surface area contributed by atoms with E-state index < -0.39 is 0 Å². The van der Waals surface area contributed by atoms with Gasteiger partial charge in [0.15, 0.2) is 0 Å². The summed E-state index contributed by atoms with van der Waals surface area (Å²) in [5.41, 5.74) is 1.30. The molecule has 2 atom stereocenters. The second-order valence-corrected chi connectivity index (χ2v) is 7.92. The van der Waals surface area contributed by atoms with Crippen molar-refractivity contribution in [2.24, 2.45) is 5.92 Å². The van der Waals surface area contributed by atoms with Crippen LogP contribution in [0, 0.1) is 5.92 Å². The number of carbonyl (C=O) groups is 2. The van der Waals surface area contributed by atoms with Crippen LogP contribution in [-0.2, 0) is 9.59 Å². The molecular formula is C22H32N2O2. The number of likely N-dealkylation sites (tertiary alicyclic amines) is 1. The number of carbonyl (C=O) groups excluding carboxylic acids is 2. The van der Waals surface area contributed by atoms with Crippen LogP contribution in [0.4, 0.5) is 0 Å². The van der Waals surface area contributed by atoms with E-state index in [1.54, 1.807) is 0 Å². The zero-order valence-electron chi connectivity index (χ0n) is 16.0. The first-order chi connectivity index (χ1) is 12.7. The van der Waals surface area contributed by atoms with Gasteiger partial charge in [0.2, 0.25) is 11.8 Å². The average molecular weight is 357 g/mol. The van der Waals surface area contributed by atoms with Crippen LogP contribution in [0.15, 0.2) is 30.3 Å². The summed E-state index contributed by atoms with van der Waals surface area (Å²) in [5.74, 6) is 0.822. The van der Waals surface area contributed by atoms with E-state index >= 15 is 0 Å². The third-order valence-electron chi connectivity index (χ3n) is 6.04. The molecule has 1 saturated carbocycles. The van der Waals surface area contributed by atoms with Crippen molar-refractivity contribution in [3.8, 4) is 0 Å². The van der Waals surface area contributed by atoms with Gasteiger partial charge < -0.3 is 10.2 Å². The molecule has 2 fully saturated rings. The largest absolute Gasteiger partial charge is 0.354 e. The predicted molar refractivity (Wildman–Crippen MR) is 104 cm³/mol. The second kappa shape index (κ2) is 9.20. The molecule has 0 radical (unpaired) electrons. The molecule has 1 heterocycles. The molecular weight excluding hydrogens is 324 g/mol. The first-order valence-corrected chi connectivity index (χ1v) is 10.3. The van der Waals surface area contributed by atoms with Gasteiger partial charge in [-0.05, 0) is 43.6 Å². The Bertz CT molecular complexity index is 595. The Morgan fingerprint density at radius 3 is 2.54 bits per heavy atom. The molecule has 1 aliphatic heterocycles. The fourth-order valence-corrected chi connectivity index (χ4v) is 4.37. The maximum absolute atomic E-state index is 12.8. The van der Waals surface area contributed by atoms with Gasteiger partial charge in [-0.1, -0.05) is 56.5 Å². The fraction of sp³-hybridized carbons (Fsp3) is 0.636. The van der Waals surface area contributed by atoms with E-state index in [0.717, 1.165) is 51.5 Å². The molecule has 1 aliphatic carbocycles. The van der Waals surface area contributed by atoms with Crippen molar-refractivity contribution >= 4 is 11.8 Å². The molecule has 1 aromatic rings. The Labute approximate surface area is 157 Å². The molecule has 142 valence electrons. The van der Waals surface area contributed by atoms with Gasteiger partial charge >= 0.3 is 0 Å². The number of nitrogens with one attached hydrogen (secondary N) is 1. The molecule has 0 spiro atoms. The number of hydrogen-bond acceptors (Lipinski definition) is 2. The molecule has 1 N–H and O–H groups in total. The molecule has 2 amide bonds. The number of hydrogen-bond donors (Lipinski definition) is 1. The first-order valence-electron chi connectivity index (χ1n) is 10.3. The van der Waals surface area contributed by atoms with Gasteiger partial charge in [-0.3, -0.25) is 9.59 Å². The third-order valence-corrected chi connectivity index (χ3v) is 6.04. The van der Waals surface area contributed by atoms with Crippen molar-refractivity contribution in [2.75, 3.05) is 13.1 Å². The molecule has 0 aromatic heterocycles. The van der Waals surface area contributed by atoms with Gasteiger partial charge in [-0.2, -0.15) is 0 Å². The van der Waals surface area contributed by atoms with Crippen molar-refractivity contribution in [2.45, 2.75) is 70.3 Å². The first kappa shape index (κ1) is 18.9. The summed E-state index contributed by atoms with van der Waals surface area (Å²) in [6.07, 6.45) is 8.20. The van der Waals surface area contributed by atoms with Crippen LogP contribution in [-0.4, -0.2) is 35.8 Å². The Kier molecular flexibility index (Phi) is 6.70. The highest BCUT2D eigenvalue weighted by atomic mass is 16.2. The number of amides is 2. The fourth-order valence-electron chi connectivity index (χ4n) is 4.37. The summed E-state index contributed by atoms with van der Waals surface area (Å²) < 4.78 is 0. The van der Waals surface area contributed by atoms with E-state index in [9.17, 15) is 9.59 Å². The summed E-state index contributed by atoms with van der Waals surface area (Å²) in [7, 11) is 0. The molecule has 4 nitrogen and oxygen atoms in total. The minimum absolute atomic E-state index is 0.0342. The van der Waals surface area contributed by atoms with Crippen molar-refractivity contribution in [1.29, 1.82) is 0 Å². The highest BCUT2D eigenvalue weighted by Crippen LogP contribution is 2.29. The van der Waals surface area contributed by atoms with E-state index in [1.165, 1.54) is 12.0 Å². The summed E-state index contributed by atoms with van der Waals surface area (Å²) in [6, 6.07) is 10.1. The predicted octanol–water partition coefficient (Wildman–Crippen LogP) is 3.87. The van der Waals surface area contributed by atoms with Crippen molar-refractivity contribution in [3.63, 3.8) is 0 Å². The molecule has 26 heavy (non-hydrogen) atoms. The minimum atomic E-state index is -0.253. The summed E-state index contributed by atoms with van der Waals surface area (Å²) in [4.78, 5) is 27.4. The van der Waals surface area contributed by atoms with E-state index in [1.807, 2.05) is 11.0 Å². The van der Waals surface area contributed by atoms with Crippen LogP contribution in [0.1, 0.15) is 69.8 Å². The lowest BCUT2D eigenvalue weighted by Gasteiger charge is -2.30. The van der Waals surface area contributed by atoms with Crippen molar-refractivity contribution in [3.05, 3.63) is 35.9 Å². The molecule has 2 aliphatic rings. The highest BCUT2D eigenvalue weighted by molar-refractivity contribution is 5.89. The third kappa shape index (κ3) is 4.66. The number of rotatable bonds is 6. The van der Waals surface area contributed by atoms with E-state index in [4.69, 9.17) is 0 Å². The molecule has 0 bridgehead atoms. The Balaban J connectivity index is 1.48. The van der Waals surface area contributed by atoms with Crippen LogP contribution in [0.3, 0.4) is 0 Å². The lowest BCUT2D eigenvalue weighted by molar-refractivity contribution is -0.142. The molecule has 3 rings (SSSR count). The van der Waals surface area contributed by atoms with Gasteiger partial charge in [-0.25, -0.2) is 0 Å². The maximum Gasteiger partial charge on any atom is 0.242 e. The zero-order valence-corrected chi connectivity index (χ0v) is 16.0. The van der Waals surface area contributed by atoms with Gasteiger partial charge in [-0.15, -0.1) is 0 Å².